The van der Waals surface area contributed by atoms with Crippen LogP contribution in [-0.2, 0) is 4.79 Å². The van der Waals surface area contributed by atoms with Gasteiger partial charge >= 0.3 is 0 Å². The second-order valence-corrected chi connectivity index (χ2v) is 9.19. The fraction of sp³-hybridized carbons (Fsp3) is 0.696. The molecular formula is C23H32N2O. The lowest BCUT2D eigenvalue weighted by Crippen LogP contribution is -2.46. The Hall–Kier alpha value is -1.35. The van der Waals surface area contributed by atoms with E-state index in [1.54, 1.807) is 0 Å². The summed E-state index contributed by atoms with van der Waals surface area (Å²) >= 11 is 0. The Labute approximate surface area is 157 Å². The molecule has 3 aliphatic heterocycles. The molecule has 3 saturated heterocycles. The zero-order valence-corrected chi connectivity index (χ0v) is 15.9. The van der Waals surface area contributed by atoms with E-state index in [4.69, 9.17) is 0 Å². The summed E-state index contributed by atoms with van der Waals surface area (Å²) in [6, 6.07) is 11.4. The molecule has 140 valence electrons. The third-order valence-corrected chi connectivity index (χ3v) is 7.64. The molecule has 0 N–H and O–H groups in total. The van der Waals surface area contributed by atoms with Crippen molar-refractivity contribution in [2.45, 2.75) is 75.3 Å². The third kappa shape index (κ3) is 2.89. The SMILES string of the molecule is O=C(C1CCN2CCCCCCC12)N1CC(c2ccccc2)CC12CC2. The third-order valence-electron chi connectivity index (χ3n) is 7.64. The molecule has 1 amide bonds. The Morgan fingerprint density at radius 1 is 0.962 bits per heavy atom. The molecule has 0 bridgehead atoms. The van der Waals surface area contributed by atoms with Crippen LogP contribution in [0.5, 0.6) is 0 Å². The van der Waals surface area contributed by atoms with Crippen LogP contribution >= 0.6 is 0 Å². The quantitative estimate of drug-likeness (QED) is 0.797. The van der Waals surface area contributed by atoms with Gasteiger partial charge in [0.25, 0.3) is 0 Å². The second kappa shape index (κ2) is 6.67. The zero-order valence-electron chi connectivity index (χ0n) is 15.9. The molecule has 3 unspecified atom stereocenters. The number of likely N-dealkylation sites (tertiary alicyclic amines) is 1. The van der Waals surface area contributed by atoms with Crippen molar-refractivity contribution in [3.8, 4) is 0 Å². The molecule has 3 nitrogen and oxygen atoms in total. The maximum Gasteiger partial charge on any atom is 0.227 e. The first-order valence-corrected chi connectivity index (χ1v) is 10.9. The molecule has 4 fully saturated rings. The van der Waals surface area contributed by atoms with Crippen LogP contribution in [0.25, 0.3) is 0 Å². The van der Waals surface area contributed by atoms with Crippen molar-refractivity contribution >= 4 is 5.91 Å². The van der Waals surface area contributed by atoms with Gasteiger partial charge in [0.2, 0.25) is 5.91 Å². The van der Waals surface area contributed by atoms with Gasteiger partial charge in [-0.05, 0) is 57.2 Å². The van der Waals surface area contributed by atoms with E-state index in [9.17, 15) is 4.79 Å². The van der Waals surface area contributed by atoms with E-state index in [0.717, 1.165) is 19.5 Å². The van der Waals surface area contributed by atoms with E-state index in [0.29, 0.717) is 17.9 Å². The minimum Gasteiger partial charge on any atom is -0.336 e. The lowest BCUT2D eigenvalue weighted by Gasteiger charge is -2.33. The maximum absolute atomic E-state index is 13.6. The molecule has 1 saturated carbocycles. The lowest BCUT2D eigenvalue weighted by molar-refractivity contribution is -0.138. The van der Waals surface area contributed by atoms with Gasteiger partial charge < -0.3 is 4.90 Å². The van der Waals surface area contributed by atoms with Gasteiger partial charge in [-0.2, -0.15) is 0 Å². The highest BCUT2D eigenvalue weighted by atomic mass is 16.2. The first kappa shape index (κ1) is 16.8. The van der Waals surface area contributed by atoms with E-state index >= 15 is 0 Å². The van der Waals surface area contributed by atoms with Crippen LogP contribution in [0.2, 0.25) is 0 Å². The molecule has 3 heterocycles. The summed E-state index contributed by atoms with van der Waals surface area (Å²) in [5.74, 6) is 1.30. The standard InChI is InChI=1S/C23H32N2O/c26-22(20-11-15-24-14-7-2-1-6-10-21(20)24)25-17-19(16-23(25)12-13-23)18-8-4-3-5-9-18/h3-5,8-9,19-21H,1-2,6-7,10-17H2. The van der Waals surface area contributed by atoms with Crippen molar-refractivity contribution in [1.82, 2.24) is 9.80 Å². The van der Waals surface area contributed by atoms with Gasteiger partial charge in [-0.25, -0.2) is 0 Å². The number of hydrogen-bond donors (Lipinski definition) is 0. The molecule has 5 rings (SSSR count). The van der Waals surface area contributed by atoms with Crippen LogP contribution in [0, 0.1) is 5.92 Å². The van der Waals surface area contributed by atoms with E-state index in [1.807, 2.05) is 0 Å². The number of hydrogen-bond acceptors (Lipinski definition) is 2. The number of fused-ring (bicyclic) bond motifs is 1. The van der Waals surface area contributed by atoms with E-state index < -0.39 is 0 Å². The van der Waals surface area contributed by atoms with Gasteiger partial charge in [-0.15, -0.1) is 0 Å². The average molecular weight is 353 g/mol. The van der Waals surface area contributed by atoms with Gasteiger partial charge in [0.15, 0.2) is 0 Å². The molecule has 0 radical (unpaired) electrons. The van der Waals surface area contributed by atoms with Crippen molar-refractivity contribution in [3.63, 3.8) is 0 Å². The predicted octanol–water partition coefficient (Wildman–Crippen LogP) is 4.19. The molecule has 0 aromatic heterocycles. The molecule has 1 spiro atoms. The van der Waals surface area contributed by atoms with Gasteiger partial charge in [-0.3, -0.25) is 9.69 Å². The number of rotatable bonds is 2. The van der Waals surface area contributed by atoms with Crippen LogP contribution in [0.3, 0.4) is 0 Å². The average Bonchev–Trinajstić information content (AvgIpc) is 3.15. The van der Waals surface area contributed by atoms with Gasteiger partial charge in [0, 0.05) is 24.0 Å². The largest absolute Gasteiger partial charge is 0.336 e. The topological polar surface area (TPSA) is 23.6 Å². The van der Waals surface area contributed by atoms with Crippen molar-refractivity contribution in [1.29, 1.82) is 0 Å². The molecule has 4 aliphatic rings. The number of carbonyl (C=O) groups excluding carboxylic acids is 1. The van der Waals surface area contributed by atoms with Crippen molar-refractivity contribution in [2.24, 2.45) is 5.92 Å². The van der Waals surface area contributed by atoms with Gasteiger partial charge in [0.1, 0.15) is 0 Å². The summed E-state index contributed by atoms with van der Waals surface area (Å²) < 4.78 is 0. The summed E-state index contributed by atoms with van der Waals surface area (Å²) in [6.45, 7) is 3.31. The Morgan fingerprint density at radius 3 is 2.58 bits per heavy atom. The highest BCUT2D eigenvalue weighted by Crippen LogP contribution is 2.54. The number of benzene rings is 1. The molecular weight excluding hydrogens is 320 g/mol. The minimum atomic E-state index is 0.215. The van der Waals surface area contributed by atoms with Crippen LogP contribution in [-0.4, -0.2) is 46.9 Å². The van der Waals surface area contributed by atoms with E-state index in [2.05, 4.69) is 40.1 Å². The summed E-state index contributed by atoms with van der Waals surface area (Å²) in [4.78, 5) is 18.6. The Kier molecular flexibility index (Phi) is 4.31. The van der Waals surface area contributed by atoms with Crippen molar-refractivity contribution in [2.75, 3.05) is 19.6 Å². The zero-order chi connectivity index (χ0) is 17.6. The fourth-order valence-electron chi connectivity index (χ4n) is 6.03. The van der Waals surface area contributed by atoms with E-state index in [-0.39, 0.29) is 11.5 Å². The van der Waals surface area contributed by atoms with Crippen LogP contribution < -0.4 is 0 Å². The van der Waals surface area contributed by atoms with Gasteiger partial charge in [0.05, 0.1) is 5.92 Å². The van der Waals surface area contributed by atoms with Crippen LogP contribution in [0.1, 0.15) is 69.3 Å². The first-order chi connectivity index (χ1) is 12.8. The maximum atomic E-state index is 13.6. The van der Waals surface area contributed by atoms with Gasteiger partial charge in [-0.1, -0.05) is 49.6 Å². The first-order valence-electron chi connectivity index (χ1n) is 10.9. The normalized spacial score (nSPS) is 33.7. The summed E-state index contributed by atoms with van der Waals surface area (Å²) in [6.07, 6.45) is 11.3. The highest BCUT2D eigenvalue weighted by Gasteiger charge is 2.57. The second-order valence-electron chi connectivity index (χ2n) is 9.19. The monoisotopic (exact) mass is 352 g/mol. The lowest BCUT2D eigenvalue weighted by atomic mass is 9.92. The van der Waals surface area contributed by atoms with Crippen LogP contribution in [0.4, 0.5) is 0 Å². The molecule has 1 aliphatic carbocycles. The van der Waals surface area contributed by atoms with E-state index in [1.165, 1.54) is 63.5 Å². The Morgan fingerprint density at radius 2 is 1.77 bits per heavy atom. The summed E-state index contributed by atoms with van der Waals surface area (Å²) in [5.41, 5.74) is 1.64. The minimum absolute atomic E-state index is 0.215. The molecule has 26 heavy (non-hydrogen) atoms. The van der Waals surface area contributed by atoms with Crippen molar-refractivity contribution in [3.05, 3.63) is 35.9 Å². The Bertz CT molecular complexity index is 653. The molecule has 3 atom stereocenters. The van der Waals surface area contributed by atoms with Crippen LogP contribution in [0.15, 0.2) is 30.3 Å². The highest BCUT2D eigenvalue weighted by molar-refractivity contribution is 5.82. The number of amides is 1. The Balaban J connectivity index is 1.33. The molecule has 3 heteroatoms. The summed E-state index contributed by atoms with van der Waals surface area (Å²) in [7, 11) is 0. The van der Waals surface area contributed by atoms with Crippen molar-refractivity contribution < 1.29 is 4.79 Å². The number of nitrogens with zero attached hydrogens (tertiary/aromatic N) is 2. The predicted molar refractivity (Wildman–Crippen MR) is 104 cm³/mol. The number of carbonyl (C=O) groups is 1. The fourth-order valence-corrected chi connectivity index (χ4v) is 6.03. The molecule has 1 aromatic carbocycles. The molecule has 1 aromatic rings. The smallest absolute Gasteiger partial charge is 0.227 e. The summed E-state index contributed by atoms with van der Waals surface area (Å²) in [5, 5.41) is 0.